The first kappa shape index (κ1) is 9.84. The molecule has 0 saturated carbocycles. The minimum absolute atomic E-state index is 0.551. The third kappa shape index (κ3) is 1.73. The van der Waals surface area contributed by atoms with Gasteiger partial charge in [-0.15, -0.1) is 0 Å². The van der Waals surface area contributed by atoms with Crippen molar-refractivity contribution in [2.45, 2.75) is 6.54 Å². The van der Waals surface area contributed by atoms with Crippen LogP contribution in [0.15, 0.2) is 22.6 Å². The number of halogens is 2. The van der Waals surface area contributed by atoms with E-state index < -0.39 is 0 Å². The molecule has 0 aliphatic carbocycles. The van der Waals surface area contributed by atoms with E-state index in [-0.39, 0.29) is 0 Å². The second-order valence-corrected chi connectivity index (χ2v) is 3.89. The number of fused-ring (bicyclic) bond motifs is 1. The van der Waals surface area contributed by atoms with Gasteiger partial charge in [-0.25, -0.2) is 0 Å². The molecule has 0 fully saturated rings. The van der Waals surface area contributed by atoms with Crippen molar-refractivity contribution in [3.8, 4) is 0 Å². The molecule has 0 atom stereocenters. The molecule has 0 amide bonds. The maximum absolute atomic E-state index is 5.98. The summed E-state index contributed by atoms with van der Waals surface area (Å²) in [5, 5.41) is 5.12. The monoisotopic (exact) mass is 229 g/mol. The van der Waals surface area contributed by atoms with Gasteiger partial charge in [0.2, 0.25) is 0 Å². The zero-order valence-electron chi connectivity index (χ0n) is 7.60. The van der Waals surface area contributed by atoms with E-state index in [4.69, 9.17) is 27.6 Å². The summed E-state index contributed by atoms with van der Waals surface area (Å²) in [5.74, 6) is 0.853. The van der Waals surface area contributed by atoms with Gasteiger partial charge in [0.05, 0.1) is 11.6 Å². The molecule has 0 unspecified atom stereocenters. The number of hydrogen-bond acceptors (Lipinski definition) is 2. The average molecular weight is 230 g/mol. The van der Waals surface area contributed by atoms with Gasteiger partial charge in [-0.05, 0) is 25.2 Å². The molecular formula is C10H9Cl2NO. The lowest BCUT2D eigenvalue weighted by atomic mass is 10.2. The maximum Gasteiger partial charge on any atom is 0.153 e. The Labute approximate surface area is 91.8 Å². The number of hydrogen-bond donors (Lipinski definition) is 1. The highest BCUT2D eigenvalue weighted by Crippen LogP contribution is 2.30. The lowest BCUT2D eigenvalue weighted by Gasteiger charge is -1.93. The molecule has 0 radical (unpaired) electrons. The SMILES string of the molecule is CNCc1cc2cc(Cl)cc(Cl)c2o1. The maximum atomic E-state index is 5.98. The average Bonchev–Trinajstić information content (AvgIpc) is 2.48. The first-order chi connectivity index (χ1) is 6.70. The lowest BCUT2D eigenvalue weighted by molar-refractivity contribution is 0.531. The van der Waals surface area contributed by atoms with Crippen LogP contribution in [-0.2, 0) is 6.54 Å². The van der Waals surface area contributed by atoms with Gasteiger partial charge < -0.3 is 9.73 Å². The quantitative estimate of drug-likeness (QED) is 0.854. The fourth-order valence-corrected chi connectivity index (χ4v) is 1.94. The summed E-state index contributed by atoms with van der Waals surface area (Å²) in [6, 6.07) is 5.45. The number of nitrogens with one attached hydrogen (secondary N) is 1. The van der Waals surface area contributed by atoms with Crippen molar-refractivity contribution >= 4 is 34.2 Å². The molecule has 0 spiro atoms. The Morgan fingerprint density at radius 3 is 2.79 bits per heavy atom. The van der Waals surface area contributed by atoms with Crippen LogP contribution in [0.25, 0.3) is 11.0 Å². The molecule has 0 bridgehead atoms. The molecule has 0 aliphatic heterocycles. The third-order valence-electron chi connectivity index (χ3n) is 1.94. The summed E-state index contributed by atoms with van der Waals surface area (Å²) in [6.45, 7) is 0.683. The fourth-order valence-electron chi connectivity index (χ4n) is 1.39. The van der Waals surface area contributed by atoms with Gasteiger partial charge >= 0.3 is 0 Å². The van der Waals surface area contributed by atoms with Gasteiger partial charge in [-0.3, -0.25) is 0 Å². The molecule has 0 aliphatic rings. The summed E-state index contributed by atoms with van der Waals surface area (Å²) in [6.07, 6.45) is 0. The van der Waals surface area contributed by atoms with Crippen LogP contribution in [0.1, 0.15) is 5.76 Å². The standard InChI is InChI=1S/C10H9Cl2NO/c1-13-5-8-3-6-2-7(11)4-9(12)10(6)14-8/h2-4,13H,5H2,1H3. The highest BCUT2D eigenvalue weighted by atomic mass is 35.5. The minimum atomic E-state index is 0.551. The molecule has 0 saturated heterocycles. The van der Waals surface area contributed by atoms with Crippen LogP contribution in [0.2, 0.25) is 10.0 Å². The largest absolute Gasteiger partial charge is 0.458 e. The van der Waals surface area contributed by atoms with Crippen molar-refractivity contribution in [2.75, 3.05) is 7.05 Å². The smallest absolute Gasteiger partial charge is 0.153 e. The van der Waals surface area contributed by atoms with Crippen molar-refractivity contribution in [1.82, 2.24) is 5.32 Å². The Bertz CT molecular complexity index is 464. The van der Waals surface area contributed by atoms with E-state index in [2.05, 4.69) is 5.32 Å². The molecule has 2 aromatic rings. The second-order valence-electron chi connectivity index (χ2n) is 3.05. The molecule has 4 heteroatoms. The molecule has 2 rings (SSSR count). The number of furan rings is 1. The Kier molecular flexibility index (Phi) is 2.68. The third-order valence-corrected chi connectivity index (χ3v) is 2.44. The second kappa shape index (κ2) is 3.81. The van der Waals surface area contributed by atoms with E-state index in [1.165, 1.54) is 0 Å². The van der Waals surface area contributed by atoms with E-state index in [0.29, 0.717) is 22.2 Å². The molecule has 14 heavy (non-hydrogen) atoms. The highest BCUT2D eigenvalue weighted by molar-refractivity contribution is 6.38. The Morgan fingerprint density at radius 1 is 1.29 bits per heavy atom. The van der Waals surface area contributed by atoms with Crippen LogP contribution in [0, 0.1) is 0 Å². The van der Waals surface area contributed by atoms with E-state index in [1.807, 2.05) is 19.2 Å². The predicted octanol–water partition coefficient (Wildman–Crippen LogP) is 3.46. The zero-order valence-corrected chi connectivity index (χ0v) is 9.12. The van der Waals surface area contributed by atoms with E-state index >= 15 is 0 Å². The summed E-state index contributed by atoms with van der Waals surface area (Å²) in [5.41, 5.74) is 0.696. The molecule has 74 valence electrons. The Balaban J connectivity index is 2.58. The van der Waals surface area contributed by atoms with Crippen LogP contribution in [0.3, 0.4) is 0 Å². The van der Waals surface area contributed by atoms with Gasteiger partial charge in [0.15, 0.2) is 5.58 Å². The van der Waals surface area contributed by atoms with Crippen LogP contribution >= 0.6 is 23.2 Å². The van der Waals surface area contributed by atoms with Gasteiger partial charge in [-0.1, -0.05) is 23.2 Å². The van der Waals surface area contributed by atoms with Gasteiger partial charge in [0.1, 0.15) is 5.76 Å². The highest BCUT2D eigenvalue weighted by Gasteiger charge is 2.07. The first-order valence-corrected chi connectivity index (χ1v) is 4.98. The fraction of sp³-hybridized carbons (Fsp3) is 0.200. The van der Waals surface area contributed by atoms with E-state index in [0.717, 1.165) is 11.1 Å². The van der Waals surface area contributed by atoms with Crippen molar-refractivity contribution in [3.05, 3.63) is 34.0 Å². The van der Waals surface area contributed by atoms with Crippen LogP contribution in [-0.4, -0.2) is 7.05 Å². The first-order valence-electron chi connectivity index (χ1n) is 4.23. The number of rotatable bonds is 2. The van der Waals surface area contributed by atoms with Gasteiger partial charge in [0, 0.05) is 10.4 Å². The molecule has 1 aromatic heterocycles. The predicted molar refractivity (Wildman–Crippen MR) is 59.0 cm³/mol. The lowest BCUT2D eigenvalue weighted by Crippen LogP contribution is -2.03. The Hall–Kier alpha value is -0.700. The van der Waals surface area contributed by atoms with E-state index in [9.17, 15) is 0 Å². The van der Waals surface area contributed by atoms with Gasteiger partial charge in [-0.2, -0.15) is 0 Å². The van der Waals surface area contributed by atoms with Crippen LogP contribution in [0.4, 0.5) is 0 Å². The molecule has 1 aromatic carbocycles. The van der Waals surface area contributed by atoms with Crippen LogP contribution in [0.5, 0.6) is 0 Å². The minimum Gasteiger partial charge on any atom is -0.458 e. The normalized spacial score (nSPS) is 11.1. The van der Waals surface area contributed by atoms with Crippen molar-refractivity contribution in [2.24, 2.45) is 0 Å². The van der Waals surface area contributed by atoms with E-state index in [1.54, 1.807) is 6.07 Å². The molecule has 2 nitrogen and oxygen atoms in total. The van der Waals surface area contributed by atoms with Crippen LogP contribution < -0.4 is 5.32 Å². The zero-order chi connectivity index (χ0) is 10.1. The Morgan fingerprint density at radius 2 is 2.07 bits per heavy atom. The molecule has 1 N–H and O–H groups in total. The van der Waals surface area contributed by atoms with Crippen molar-refractivity contribution in [3.63, 3.8) is 0 Å². The van der Waals surface area contributed by atoms with Crippen molar-refractivity contribution < 1.29 is 4.42 Å². The number of benzene rings is 1. The molecular weight excluding hydrogens is 221 g/mol. The molecule has 1 heterocycles. The summed E-state index contributed by atoms with van der Waals surface area (Å²) in [7, 11) is 1.86. The summed E-state index contributed by atoms with van der Waals surface area (Å²) >= 11 is 11.8. The summed E-state index contributed by atoms with van der Waals surface area (Å²) < 4.78 is 5.54. The summed E-state index contributed by atoms with van der Waals surface area (Å²) in [4.78, 5) is 0. The topological polar surface area (TPSA) is 25.2 Å². The van der Waals surface area contributed by atoms with Crippen molar-refractivity contribution in [1.29, 1.82) is 0 Å². The van der Waals surface area contributed by atoms with Gasteiger partial charge in [0.25, 0.3) is 0 Å².